The highest BCUT2D eigenvalue weighted by atomic mass is 19.1. The SMILES string of the molecule is C[C](CO)c1cccc(OC(C)(C)C)c1F. The van der Waals surface area contributed by atoms with Crippen LogP contribution in [0.5, 0.6) is 5.75 Å². The molecule has 3 heteroatoms. The summed E-state index contributed by atoms with van der Waals surface area (Å²) in [5.74, 6) is 0.402. The van der Waals surface area contributed by atoms with Crippen molar-refractivity contribution in [3.63, 3.8) is 0 Å². The van der Waals surface area contributed by atoms with Crippen molar-refractivity contribution in [1.29, 1.82) is 0 Å². The molecule has 0 aliphatic carbocycles. The Morgan fingerprint density at radius 3 is 2.50 bits per heavy atom. The van der Waals surface area contributed by atoms with Gasteiger partial charge in [-0.3, -0.25) is 0 Å². The normalized spacial score (nSPS) is 11.9. The van der Waals surface area contributed by atoms with Crippen molar-refractivity contribution in [2.75, 3.05) is 6.61 Å². The van der Waals surface area contributed by atoms with Gasteiger partial charge in [0.25, 0.3) is 0 Å². The lowest BCUT2D eigenvalue weighted by molar-refractivity contribution is 0.124. The molecule has 1 aromatic carbocycles. The predicted octanol–water partition coefficient (Wildman–Crippen LogP) is 2.94. The Bertz CT molecular complexity index is 355. The molecule has 0 bridgehead atoms. The fourth-order valence-corrected chi connectivity index (χ4v) is 1.33. The fourth-order valence-electron chi connectivity index (χ4n) is 1.33. The second kappa shape index (κ2) is 4.83. The predicted molar refractivity (Wildman–Crippen MR) is 61.9 cm³/mol. The smallest absolute Gasteiger partial charge is 0.168 e. The van der Waals surface area contributed by atoms with Gasteiger partial charge in [-0.05, 0) is 26.8 Å². The van der Waals surface area contributed by atoms with E-state index >= 15 is 0 Å². The lowest BCUT2D eigenvalue weighted by Crippen LogP contribution is -2.24. The molecule has 0 heterocycles. The Morgan fingerprint density at radius 1 is 1.38 bits per heavy atom. The van der Waals surface area contributed by atoms with E-state index in [2.05, 4.69) is 0 Å². The van der Waals surface area contributed by atoms with Crippen molar-refractivity contribution >= 4 is 0 Å². The minimum atomic E-state index is -0.438. The minimum Gasteiger partial charge on any atom is -0.485 e. The molecular weight excluding hydrogens is 207 g/mol. The summed E-state index contributed by atoms with van der Waals surface area (Å²) >= 11 is 0. The van der Waals surface area contributed by atoms with Crippen LogP contribution in [0.1, 0.15) is 33.3 Å². The molecule has 1 aromatic rings. The van der Waals surface area contributed by atoms with Crippen LogP contribution in [0.2, 0.25) is 0 Å². The molecule has 1 radical (unpaired) electrons. The molecule has 2 nitrogen and oxygen atoms in total. The molecule has 0 aliphatic heterocycles. The number of aliphatic hydroxyl groups is 1. The molecule has 0 aliphatic rings. The number of hydrogen-bond donors (Lipinski definition) is 1. The summed E-state index contributed by atoms with van der Waals surface area (Å²) in [5, 5.41) is 8.99. The lowest BCUT2D eigenvalue weighted by atomic mass is 10.0. The van der Waals surface area contributed by atoms with Crippen LogP contribution in [0.3, 0.4) is 0 Å². The summed E-state index contributed by atoms with van der Waals surface area (Å²) in [6, 6.07) is 4.95. The zero-order valence-electron chi connectivity index (χ0n) is 10.2. The van der Waals surface area contributed by atoms with Crippen molar-refractivity contribution in [1.82, 2.24) is 0 Å². The lowest BCUT2D eigenvalue weighted by Gasteiger charge is -2.22. The van der Waals surface area contributed by atoms with Gasteiger partial charge in [0, 0.05) is 11.5 Å². The van der Waals surface area contributed by atoms with E-state index < -0.39 is 11.4 Å². The number of benzene rings is 1. The molecule has 16 heavy (non-hydrogen) atoms. The summed E-state index contributed by atoms with van der Waals surface area (Å²) in [6.45, 7) is 7.13. The number of rotatable bonds is 3. The summed E-state index contributed by atoms with van der Waals surface area (Å²) in [7, 11) is 0. The third-order valence-electron chi connectivity index (χ3n) is 2.08. The zero-order chi connectivity index (χ0) is 12.3. The standard InChI is InChI=1S/C13H18FO2/c1-9(8-15)10-6-5-7-11(12(10)14)16-13(2,3)4/h5-7,15H,8H2,1-4H3. The van der Waals surface area contributed by atoms with Crippen molar-refractivity contribution < 1.29 is 14.2 Å². The monoisotopic (exact) mass is 225 g/mol. The third-order valence-corrected chi connectivity index (χ3v) is 2.08. The van der Waals surface area contributed by atoms with Gasteiger partial charge < -0.3 is 9.84 Å². The molecule has 0 fully saturated rings. The van der Waals surface area contributed by atoms with Crippen molar-refractivity contribution in [3.05, 3.63) is 35.5 Å². The molecule has 1 N–H and O–H groups in total. The van der Waals surface area contributed by atoms with E-state index in [0.717, 1.165) is 0 Å². The molecular formula is C13H18FO2. The van der Waals surface area contributed by atoms with E-state index in [1.807, 2.05) is 20.8 Å². The highest BCUT2D eigenvalue weighted by Gasteiger charge is 2.19. The van der Waals surface area contributed by atoms with Gasteiger partial charge in [-0.2, -0.15) is 0 Å². The quantitative estimate of drug-likeness (QED) is 0.857. The Kier molecular flexibility index (Phi) is 3.92. The topological polar surface area (TPSA) is 29.5 Å². The Morgan fingerprint density at radius 2 is 2.00 bits per heavy atom. The van der Waals surface area contributed by atoms with Gasteiger partial charge in [-0.1, -0.05) is 19.1 Å². The Hall–Kier alpha value is -1.09. The second-order valence-corrected chi connectivity index (χ2v) is 4.77. The average molecular weight is 225 g/mol. The molecule has 0 saturated heterocycles. The highest BCUT2D eigenvalue weighted by Crippen LogP contribution is 2.28. The van der Waals surface area contributed by atoms with E-state index in [1.165, 1.54) is 0 Å². The van der Waals surface area contributed by atoms with Crippen LogP contribution in [-0.2, 0) is 0 Å². The van der Waals surface area contributed by atoms with E-state index in [0.29, 0.717) is 11.5 Å². The van der Waals surface area contributed by atoms with Gasteiger partial charge in [0.2, 0.25) is 0 Å². The zero-order valence-corrected chi connectivity index (χ0v) is 10.2. The second-order valence-electron chi connectivity index (χ2n) is 4.77. The number of halogens is 1. The molecule has 0 unspecified atom stereocenters. The van der Waals surface area contributed by atoms with Gasteiger partial charge in [0.05, 0.1) is 6.61 Å². The summed E-state index contributed by atoms with van der Waals surface area (Å²) in [6.07, 6.45) is 0. The van der Waals surface area contributed by atoms with E-state index in [9.17, 15) is 4.39 Å². The van der Waals surface area contributed by atoms with Gasteiger partial charge in [0.15, 0.2) is 11.6 Å². The molecule has 89 valence electrons. The Labute approximate surface area is 96.1 Å². The van der Waals surface area contributed by atoms with Crippen LogP contribution in [0.25, 0.3) is 0 Å². The van der Waals surface area contributed by atoms with Gasteiger partial charge in [-0.25, -0.2) is 4.39 Å². The number of hydrogen-bond acceptors (Lipinski definition) is 2. The van der Waals surface area contributed by atoms with Crippen LogP contribution in [0.15, 0.2) is 18.2 Å². The molecule has 0 atom stereocenters. The number of ether oxygens (including phenoxy) is 1. The maximum absolute atomic E-state index is 14.0. The van der Waals surface area contributed by atoms with Crippen LogP contribution in [0, 0.1) is 11.7 Å². The third kappa shape index (κ3) is 3.20. The van der Waals surface area contributed by atoms with Crippen molar-refractivity contribution in [3.8, 4) is 5.75 Å². The van der Waals surface area contributed by atoms with Crippen LogP contribution < -0.4 is 4.74 Å². The van der Waals surface area contributed by atoms with E-state index in [-0.39, 0.29) is 12.4 Å². The van der Waals surface area contributed by atoms with Gasteiger partial charge >= 0.3 is 0 Å². The molecule has 0 amide bonds. The summed E-state index contributed by atoms with van der Waals surface area (Å²) in [4.78, 5) is 0. The maximum atomic E-state index is 14.0. The van der Waals surface area contributed by atoms with Crippen molar-refractivity contribution in [2.24, 2.45) is 0 Å². The van der Waals surface area contributed by atoms with E-state index in [1.54, 1.807) is 25.1 Å². The Balaban J connectivity index is 3.04. The van der Waals surface area contributed by atoms with Gasteiger partial charge in [0.1, 0.15) is 5.60 Å². The first kappa shape index (κ1) is 13.0. The minimum absolute atomic E-state index is 0.157. The molecule has 0 aromatic heterocycles. The fraction of sp³-hybridized carbons (Fsp3) is 0.462. The first-order chi connectivity index (χ1) is 7.35. The van der Waals surface area contributed by atoms with E-state index in [4.69, 9.17) is 9.84 Å². The van der Waals surface area contributed by atoms with Gasteiger partial charge in [-0.15, -0.1) is 0 Å². The molecule has 1 rings (SSSR count). The molecule has 0 spiro atoms. The first-order valence-corrected chi connectivity index (χ1v) is 5.26. The van der Waals surface area contributed by atoms with Crippen LogP contribution in [0.4, 0.5) is 4.39 Å². The largest absolute Gasteiger partial charge is 0.485 e. The highest BCUT2D eigenvalue weighted by molar-refractivity contribution is 5.39. The van der Waals surface area contributed by atoms with Crippen LogP contribution in [-0.4, -0.2) is 17.3 Å². The number of aliphatic hydroxyl groups excluding tert-OH is 1. The van der Waals surface area contributed by atoms with Crippen LogP contribution >= 0.6 is 0 Å². The summed E-state index contributed by atoms with van der Waals surface area (Å²) in [5.41, 5.74) is -0.0312. The maximum Gasteiger partial charge on any atom is 0.168 e. The summed E-state index contributed by atoms with van der Waals surface area (Å²) < 4.78 is 19.5. The average Bonchev–Trinajstić information content (AvgIpc) is 2.18. The van der Waals surface area contributed by atoms with Crippen molar-refractivity contribution in [2.45, 2.75) is 33.3 Å². The molecule has 0 saturated carbocycles. The first-order valence-electron chi connectivity index (χ1n) is 5.26.